The van der Waals surface area contributed by atoms with Crippen molar-refractivity contribution in [2.45, 2.75) is 17.6 Å². The van der Waals surface area contributed by atoms with Crippen LogP contribution in [0.5, 0.6) is 5.75 Å². The number of benzene rings is 2. The highest BCUT2D eigenvalue weighted by molar-refractivity contribution is 7.98. The van der Waals surface area contributed by atoms with Crippen LogP contribution in [0.3, 0.4) is 0 Å². The monoisotopic (exact) mass is 308 g/mol. The van der Waals surface area contributed by atoms with E-state index in [1.54, 1.807) is 7.11 Å². The molecule has 0 aliphatic rings. The maximum atomic E-state index is 13.9. The Labute approximate surface area is 126 Å². The van der Waals surface area contributed by atoms with Gasteiger partial charge in [0.25, 0.3) is 0 Å². The number of hydrogen-bond donors (Lipinski definition) is 0. The molecule has 0 amide bonds. The van der Waals surface area contributed by atoms with Gasteiger partial charge in [-0.05, 0) is 30.7 Å². The van der Waals surface area contributed by atoms with Crippen LogP contribution in [0.25, 0.3) is 0 Å². The predicted molar refractivity (Wildman–Crippen MR) is 78.9 cm³/mol. The van der Waals surface area contributed by atoms with Gasteiger partial charge >= 0.3 is 0 Å². The summed E-state index contributed by atoms with van der Waals surface area (Å²) in [6.45, 7) is 1.30. The van der Waals surface area contributed by atoms with Gasteiger partial charge in [0.2, 0.25) is 0 Å². The molecule has 0 radical (unpaired) electrons. The molecule has 21 heavy (non-hydrogen) atoms. The molecule has 0 atom stereocenters. The van der Waals surface area contributed by atoms with E-state index in [0.29, 0.717) is 5.75 Å². The Bertz CT molecular complexity index is 654. The lowest BCUT2D eigenvalue weighted by atomic mass is 10.1. The van der Waals surface area contributed by atoms with Crippen LogP contribution in [0.4, 0.5) is 8.78 Å². The molecule has 0 unspecified atom stereocenters. The molecule has 0 spiro atoms. The molecule has 0 aromatic heterocycles. The second kappa shape index (κ2) is 6.72. The standard InChI is InChI=1S/C16H14F2O2S/c1-10(19)14-7-12(17)8-15(18)16(14)21-9-11-3-5-13(20-2)6-4-11/h3-8H,9H2,1-2H3. The Kier molecular flexibility index (Phi) is 4.96. The maximum Gasteiger partial charge on any atom is 0.161 e. The fourth-order valence-corrected chi connectivity index (χ4v) is 2.90. The Hall–Kier alpha value is -1.88. The first-order valence-electron chi connectivity index (χ1n) is 6.27. The first kappa shape index (κ1) is 15.5. The number of carbonyl (C=O) groups is 1. The van der Waals surface area contributed by atoms with Crippen LogP contribution in [0.15, 0.2) is 41.3 Å². The first-order chi connectivity index (χ1) is 10.0. The molecule has 2 aromatic carbocycles. The SMILES string of the molecule is COc1ccc(CSc2c(F)cc(F)cc2C(C)=O)cc1. The number of rotatable bonds is 5. The molecular weight excluding hydrogens is 294 g/mol. The lowest BCUT2D eigenvalue weighted by molar-refractivity contribution is 0.101. The van der Waals surface area contributed by atoms with Crippen LogP contribution in [-0.4, -0.2) is 12.9 Å². The van der Waals surface area contributed by atoms with Crippen molar-refractivity contribution in [3.63, 3.8) is 0 Å². The lowest BCUT2D eigenvalue weighted by Gasteiger charge is -2.09. The summed E-state index contributed by atoms with van der Waals surface area (Å²) in [7, 11) is 1.58. The Balaban J connectivity index is 2.20. The molecule has 0 fully saturated rings. The van der Waals surface area contributed by atoms with Gasteiger partial charge < -0.3 is 4.74 Å². The van der Waals surface area contributed by atoms with Crippen LogP contribution >= 0.6 is 11.8 Å². The van der Waals surface area contributed by atoms with Crippen molar-refractivity contribution < 1.29 is 18.3 Å². The van der Waals surface area contributed by atoms with E-state index in [1.807, 2.05) is 24.3 Å². The summed E-state index contributed by atoms with van der Waals surface area (Å²) in [5, 5.41) is 0. The number of ketones is 1. The molecular formula is C16H14F2O2S. The van der Waals surface area contributed by atoms with Crippen molar-refractivity contribution in [3.8, 4) is 5.75 Å². The Morgan fingerprint density at radius 2 is 1.86 bits per heavy atom. The van der Waals surface area contributed by atoms with E-state index in [9.17, 15) is 13.6 Å². The normalized spacial score (nSPS) is 10.5. The molecule has 0 saturated carbocycles. The Morgan fingerprint density at radius 3 is 2.43 bits per heavy atom. The van der Waals surface area contributed by atoms with Crippen molar-refractivity contribution in [2.24, 2.45) is 0 Å². The minimum atomic E-state index is -0.744. The van der Waals surface area contributed by atoms with Gasteiger partial charge in [-0.25, -0.2) is 8.78 Å². The van der Waals surface area contributed by atoms with Crippen LogP contribution in [0, 0.1) is 11.6 Å². The first-order valence-corrected chi connectivity index (χ1v) is 7.25. The van der Waals surface area contributed by atoms with Gasteiger partial charge in [0.05, 0.1) is 12.0 Å². The van der Waals surface area contributed by atoms with Crippen molar-refractivity contribution in [2.75, 3.05) is 7.11 Å². The molecule has 0 bridgehead atoms. The average molecular weight is 308 g/mol. The zero-order valence-corrected chi connectivity index (χ0v) is 12.5. The minimum Gasteiger partial charge on any atom is -0.497 e. The van der Waals surface area contributed by atoms with E-state index in [-0.39, 0.29) is 16.2 Å². The van der Waals surface area contributed by atoms with E-state index in [4.69, 9.17) is 4.74 Å². The number of carbonyl (C=O) groups excluding carboxylic acids is 1. The van der Waals surface area contributed by atoms with Crippen molar-refractivity contribution in [3.05, 3.63) is 59.2 Å². The number of thioether (sulfide) groups is 1. The van der Waals surface area contributed by atoms with Gasteiger partial charge in [0.15, 0.2) is 5.78 Å². The smallest absolute Gasteiger partial charge is 0.161 e. The average Bonchev–Trinajstić information content (AvgIpc) is 2.46. The molecule has 0 saturated heterocycles. The van der Waals surface area contributed by atoms with Gasteiger partial charge in [-0.3, -0.25) is 4.79 Å². The van der Waals surface area contributed by atoms with Crippen LogP contribution in [-0.2, 0) is 5.75 Å². The van der Waals surface area contributed by atoms with Crippen LogP contribution in [0.2, 0.25) is 0 Å². The van der Waals surface area contributed by atoms with Crippen LogP contribution in [0.1, 0.15) is 22.8 Å². The fraction of sp³-hybridized carbons (Fsp3) is 0.188. The minimum absolute atomic E-state index is 0.0750. The van der Waals surface area contributed by atoms with Gasteiger partial charge in [-0.2, -0.15) is 0 Å². The van der Waals surface area contributed by atoms with Crippen LogP contribution < -0.4 is 4.74 Å². The van der Waals surface area contributed by atoms with Gasteiger partial charge in [-0.15, -0.1) is 11.8 Å². The zero-order valence-electron chi connectivity index (χ0n) is 11.7. The van der Waals surface area contributed by atoms with Gasteiger partial charge in [0, 0.05) is 17.4 Å². The molecule has 0 aliphatic carbocycles. The molecule has 0 heterocycles. The van der Waals surface area contributed by atoms with Crippen molar-refractivity contribution >= 4 is 17.5 Å². The summed E-state index contributed by atoms with van der Waals surface area (Å²) >= 11 is 1.17. The highest BCUT2D eigenvalue weighted by Gasteiger charge is 2.15. The summed E-state index contributed by atoms with van der Waals surface area (Å²) < 4.78 is 32.1. The van der Waals surface area contributed by atoms with E-state index < -0.39 is 11.6 Å². The fourth-order valence-electron chi connectivity index (χ4n) is 1.85. The molecule has 2 nitrogen and oxygen atoms in total. The van der Waals surface area contributed by atoms with Gasteiger partial charge in [-0.1, -0.05) is 12.1 Å². The molecule has 5 heteroatoms. The quantitative estimate of drug-likeness (QED) is 0.602. The second-order valence-electron chi connectivity index (χ2n) is 4.46. The number of ether oxygens (including phenoxy) is 1. The number of methoxy groups -OCH3 is 1. The van der Waals surface area contributed by atoms with Crippen molar-refractivity contribution in [1.29, 1.82) is 0 Å². The predicted octanol–water partition coefficient (Wildman–Crippen LogP) is 4.47. The zero-order chi connectivity index (χ0) is 15.4. The number of Topliss-reactive ketones (excluding diaryl/α,β-unsaturated/α-hetero) is 1. The molecule has 2 aromatic rings. The third-order valence-corrected chi connectivity index (χ3v) is 4.11. The van der Waals surface area contributed by atoms with Gasteiger partial charge in [0.1, 0.15) is 17.4 Å². The largest absolute Gasteiger partial charge is 0.497 e. The molecule has 0 N–H and O–H groups in total. The third kappa shape index (κ3) is 3.82. The second-order valence-corrected chi connectivity index (χ2v) is 5.44. The maximum absolute atomic E-state index is 13.9. The molecule has 110 valence electrons. The van der Waals surface area contributed by atoms with E-state index in [0.717, 1.165) is 23.4 Å². The van der Waals surface area contributed by atoms with E-state index in [1.165, 1.54) is 18.7 Å². The lowest BCUT2D eigenvalue weighted by Crippen LogP contribution is -2.00. The summed E-state index contributed by atoms with van der Waals surface area (Å²) in [5.41, 5.74) is 1.03. The van der Waals surface area contributed by atoms with E-state index >= 15 is 0 Å². The summed E-state index contributed by atoms with van der Waals surface area (Å²) in [4.78, 5) is 11.7. The highest BCUT2D eigenvalue weighted by Crippen LogP contribution is 2.30. The molecule has 0 aliphatic heterocycles. The van der Waals surface area contributed by atoms with Crippen molar-refractivity contribution in [1.82, 2.24) is 0 Å². The third-order valence-electron chi connectivity index (χ3n) is 2.93. The summed E-state index contributed by atoms with van der Waals surface area (Å²) in [6.07, 6.45) is 0. The van der Waals surface area contributed by atoms with E-state index in [2.05, 4.69) is 0 Å². The Morgan fingerprint density at radius 1 is 1.19 bits per heavy atom. The number of hydrogen-bond acceptors (Lipinski definition) is 3. The molecule has 2 rings (SSSR count). The highest BCUT2D eigenvalue weighted by atomic mass is 32.2. The topological polar surface area (TPSA) is 26.3 Å². The number of halogens is 2. The summed E-state index contributed by atoms with van der Waals surface area (Å²) in [5.74, 6) is -0.593. The summed E-state index contributed by atoms with van der Waals surface area (Å²) in [6, 6.07) is 9.21.